The first kappa shape index (κ1) is 13.5. The van der Waals surface area contributed by atoms with Gasteiger partial charge in [0.15, 0.2) is 0 Å². The number of hydrogen-bond donors (Lipinski definition) is 1. The highest BCUT2D eigenvalue weighted by atomic mass is 32.1. The minimum absolute atomic E-state index is 0.511. The smallest absolute Gasteiger partial charge is 0.0420 e. The van der Waals surface area contributed by atoms with Gasteiger partial charge in [-0.3, -0.25) is 0 Å². The zero-order chi connectivity index (χ0) is 12.0. The quantitative estimate of drug-likeness (QED) is 0.697. The Morgan fingerprint density at radius 1 is 1.50 bits per heavy atom. The van der Waals surface area contributed by atoms with Crippen molar-refractivity contribution in [3.05, 3.63) is 34.0 Å². The highest BCUT2D eigenvalue weighted by molar-refractivity contribution is 7.10. The van der Waals surface area contributed by atoms with Crippen LogP contribution in [0.2, 0.25) is 0 Å². The summed E-state index contributed by atoms with van der Waals surface area (Å²) in [6, 6.07) is 2.77. The lowest BCUT2D eigenvalue weighted by atomic mass is 10.0. The lowest BCUT2D eigenvalue weighted by molar-refractivity contribution is 0.519. The summed E-state index contributed by atoms with van der Waals surface area (Å²) < 4.78 is 0. The Hall–Kier alpha value is -0.600. The van der Waals surface area contributed by atoms with Crippen LogP contribution in [-0.4, -0.2) is 6.54 Å². The number of nitrogens with one attached hydrogen (secondary N) is 1. The van der Waals surface area contributed by atoms with Crippen LogP contribution in [0.1, 0.15) is 50.1 Å². The Labute approximate surface area is 104 Å². The summed E-state index contributed by atoms with van der Waals surface area (Å²) in [7, 11) is 0. The van der Waals surface area contributed by atoms with Crippen LogP contribution in [-0.2, 0) is 6.42 Å². The molecule has 1 N–H and O–H groups in total. The van der Waals surface area contributed by atoms with Gasteiger partial charge in [0.1, 0.15) is 0 Å². The summed E-state index contributed by atoms with van der Waals surface area (Å²) in [5.74, 6) is 0. The van der Waals surface area contributed by atoms with Gasteiger partial charge in [0.25, 0.3) is 0 Å². The molecule has 0 saturated carbocycles. The lowest BCUT2D eigenvalue weighted by Gasteiger charge is -2.18. The van der Waals surface area contributed by atoms with Crippen molar-refractivity contribution in [2.24, 2.45) is 0 Å². The van der Waals surface area contributed by atoms with Crippen molar-refractivity contribution in [3.63, 3.8) is 0 Å². The molecule has 0 aliphatic rings. The Morgan fingerprint density at radius 3 is 2.81 bits per heavy atom. The Morgan fingerprint density at radius 2 is 2.25 bits per heavy atom. The van der Waals surface area contributed by atoms with E-state index < -0.39 is 0 Å². The highest BCUT2D eigenvalue weighted by Crippen LogP contribution is 2.29. The topological polar surface area (TPSA) is 12.0 Å². The van der Waals surface area contributed by atoms with Gasteiger partial charge in [0, 0.05) is 10.9 Å². The maximum Gasteiger partial charge on any atom is 0.0420 e. The second kappa shape index (κ2) is 6.87. The molecule has 0 saturated heterocycles. The van der Waals surface area contributed by atoms with E-state index in [9.17, 15) is 0 Å². The van der Waals surface area contributed by atoms with Gasteiger partial charge in [-0.05, 0) is 49.7 Å². The molecule has 1 atom stereocenters. The minimum atomic E-state index is 0.511. The van der Waals surface area contributed by atoms with Gasteiger partial charge in [-0.15, -0.1) is 17.9 Å². The van der Waals surface area contributed by atoms with Crippen molar-refractivity contribution >= 4 is 11.3 Å². The van der Waals surface area contributed by atoms with E-state index in [2.05, 4.69) is 44.1 Å². The fourth-order valence-electron chi connectivity index (χ4n) is 1.91. The third kappa shape index (κ3) is 3.76. The molecular weight excluding hydrogens is 214 g/mol. The molecule has 16 heavy (non-hydrogen) atoms. The zero-order valence-corrected chi connectivity index (χ0v) is 11.5. The fraction of sp³-hybridized carbons (Fsp3) is 0.571. The van der Waals surface area contributed by atoms with Crippen LogP contribution in [0.3, 0.4) is 0 Å². The first-order chi connectivity index (χ1) is 7.69. The number of allylic oxidation sites excluding steroid dienone is 1. The first-order valence-electron chi connectivity index (χ1n) is 6.13. The van der Waals surface area contributed by atoms with Crippen molar-refractivity contribution in [2.75, 3.05) is 6.54 Å². The second-order valence-electron chi connectivity index (χ2n) is 4.27. The van der Waals surface area contributed by atoms with Crippen LogP contribution in [0.4, 0.5) is 0 Å². The summed E-state index contributed by atoms with van der Waals surface area (Å²) >= 11 is 1.88. The predicted molar refractivity (Wildman–Crippen MR) is 74.2 cm³/mol. The third-order valence-corrected chi connectivity index (χ3v) is 3.86. The van der Waals surface area contributed by atoms with Crippen LogP contribution in [0.5, 0.6) is 0 Å². The molecule has 0 fully saturated rings. The van der Waals surface area contributed by atoms with E-state index in [1.807, 2.05) is 11.3 Å². The summed E-state index contributed by atoms with van der Waals surface area (Å²) in [6.45, 7) is 11.5. The molecule has 0 aromatic carbocycles. The van der Waals surface area contributed by atoms with Gasteiger partial charge in [-0.2, -0.15) is 0 Å². The monoisotopic (exact) mass is 237 g/mol. The molecule has 1 unspecified atom stereocenters. The Kier molecular flexibility index (Phi) is 5.78. The van der Waals surface area contributed by atoms with Gasteiger partial charge >= 0.3 is 0 Å². The predicted octanol–water partition coefficient (Wildman–Crippen LogP) is 4.32. The van der Waals surface area contributed by atoms with E-state index in [0.717, 1.165) is 25.8 Å². The molecule has 0 amide bonds. The molecule has 0 aliphatic carbocycles. The van der Waals surface area contributed by atoms with Gasteiger partial charge in [0.05, 0.1) is 0 Å². The van der Waals surface area contributed by atoms with E-state index in [0.29, 0.717) is 6.04 Å². The maximum absolute atomic E-state index is 3.99. The Balaban J connectivity index is 2.72. The molecule has 1 heterocycles. The average Bonchev–Trinajstić information content (AvgIpc) is 2.71. The van der Waals surface area contributed by atoms with Crippen molar-refractivity contribution in [3.8, 4) is 0 Å². The molecule has 0 radical (unpaired) electrons. The maximum atomic E-state index is 3.99. The van der Waals surface area contributed by atoms with Gasteiger partial charge < -0.3 is 5.32 Å². The van der Waals surface area contributed by atoms with Crippen molar-refractivity contribution in [1.82, 2.24) is 5.32 Å². The number of hydrogen-bond acceptors (Lipinski definition) is 2. The molecule has 0 bridgehead atoms. The molecule has 90 valence electrons. The van der Waals surface area contributed by atoms with Gasteiger partial charge in [-0.1, -0.05) is 19.4 Å². The summed E-state index contributed by atoms with van der Waals surface area (Å²) in [5.41, 5.74) is 2.77. The van der Waals surface area contributed by atoms with Gasteiger partial charge in [-0.25, -0.2) is 0 Å². The summed E-state index contributed by atoms with van der Waals surface area (Å²) in [4.78, 5) is 1.52. The lowest BCUT2D eigenvalue weighted by Crippen LogP contribution is -2.20. The van der Waals surface area contributed by atoms with Crippen LogP contribution < -0.4 is 5.32 Å². The molecule has 1 aromatic rings. The van der Waals surface area contributed by atoms with E-state index in [1.165, 1.54) is 16.0 Å². The second-order valence-corrected chi connectivity index (χ2v) is 5.22. The average molecular weight is 237 g/mol. The molecule has 1 nitrogen and oxygen atoms in total. The molecular formula is C14H23NS. The van der Waals surface area contributed by atoms with Crippen molar-refractivity contribution < 1.29 is 0 Å². The van der Waals surface area contributed by atoms with Crippen molar-refractivity contribution in [2.45, 2.75) is 46.1 Å². The van der Waals surface area contributed by atoms with Crippen LogP contribution in [0.25, 0.3) is 0 Å². The minimum Gasteiger partial charge on any atom is -0.310 e. The van der Waals surface area contributed by atoms with E-state index in [4.69, 9.17) is 0 Å². The molecule has 1 rings (SSSR count). The van der Waals surface area contributed by atoms with Crippen LogP contribution >= 0.6 is 11.3 Å². The first-order valence-corrected chi connectivity index (χ1v) is 7.01. The largest absolute Gasteiger partial charge is 0.310 e. The standard InChI is InChI=1S/C14H23NS/c1-5-12-9-10-16-14(12)13(15-6-2)8-7-11(3)4/h9-10,13,15H,3,5-8H2,1-2,4H3. The fourth-order valence-corrected chi connectivity index (χ4v) is 3.02. The molecule has 0 aliphatic heterocycles. The number of rotatable bonds is 7. The zero-order valence-electron chi connectivity index (χ0n) is 10.7. The van der Waals surface area contributed by atoms with Crippen molar-refractivity contribution in [1.29, 1.82) is 0 Å². The normalized spacial score (nSPS) is 12.7. The van der Waals surface area contributed by atoms with E-state index >= 15 is 0 Å². The third-order valence-electron chi connectivity index (χ3n) is 2.79. The van der Waals surface area contributed by atoms with E-state index in [-0.39, 0.29) is 0 Å². The molecule has 2 heteroatoms. The summed E-state index contributed by atoms with van der Waals surface area (Å²) in [6.07, 6.45) is 3.41. The molecule has 0 spiro atoms. The van der Waals surface area contributed by atoms with Gasteiger partial charge in [0.2, 0.25) is 0 Å². The van der Waals surface area contributed by atoms with Crippen LogP contribution in [0, 0.1) is 0 Å². The number of aryl methyl sites for hydroxylation is 1. The highest BCUT2D eigenvalue weighted by Gasteiger charge is 2.14. The van der Waals surface area contributed by atoms with Crippen LogP contribution in [0.15, 0.2) is 23.6 Å². The number of thiophene rings is 1. The molecule has 1 aromatic heterocycles. The SMILES string of the molecule is C=C(C)CCC(NCC)c1sccc1CC. The summed E-state index contributed by atoms with van der Waals surface area (Å²) in [5, 5.41) is 5.79. The Bertz CT molecular complexity index is 327. The van der Waals surface area contributed by atoms with E-state index in [1.54, 1.807) is 0 Å².